The molecule has 0 saturated carbocycles. The number of carbonyl (C=O) groups excluding carboxylic acids is 1. The second kappa shape index (κ2) is 8.13. The van der Waals surface area contributed by atoms with Crippen molar-refractivity contribution in [3.8, 4) is 10.6 Å². The number of amides is 1. The van der Waals surface area contributed by atoms with Gasteiger partial charge in [-0.25, -0.2) is 8.42 Å². The molecule has 30 heavy (non-hydrogen) atoms. The molecule has 0 aliphatic rings. The molecule has 2 aromatic heterocycles. The summed E-state index contributed by atoms with van der Waals surface area (Å²) in [5.74, 6) is -0.431. The largest absolute Gasteiger partial charge is 0.321 e. The summed E-state index contributed by atoms with van der Waals surface area (Å²) in [6.45, 7) is 0. The van der Waals surface area contributed by atoms with Crippen LogP contribution in [0.15, 0.2) is 83.1 Å². The van der Waals surface area contributed by atoms with Crippen LogP contribution >= 0.6 is 11.3 Å². The van der Waals surface area contributed by atoms with Crippen LogP contribution in [-0.2, 0) is 10.0 Å². The normalized spacial score (nSPS) is 11.2. The zero-order valence-electron chi connectivity index (χ0n) is 15.9. The Morgan fingerprint density at radius 2 is 1.83 bits per heavy atom. The van der Waals surface area contributed by atoms with E-state index in [4.69, 9.17) is 0 Å². The molecule has 0 fully saturated rings. The first-order valence-electron chi connectivity index (χ1n) is 9.00. The summed E-state index contributed by atoms with van der Waals surface area (Å²) in [4.78, 5) is 13.6. The van der Waals surface area contributed by atoms with Crippen molar-refractivity contribution in [2.24, 2.45) is 0 Å². The zero-order valence-corrected chi connectivity index (χ0v) is 17.6. The van der Waals surface area contributed by atoms with Gasteiger partial charge in [0.1, 0.15) is 0 Å². The third kappa shape index (κ3) is 3.98. The van der Waals surface area contributed by atoms with Gasteiger partial charge in [-0.3, -0.25) is 14.2 Å². The third-order valence-corrected chi connectivity index (χ3v) is 7.15. The Labute approximate surface area is 178 Å². The molecule has 152 valence electrons. The van der Waals surface area contributed by atoms with Crippen molar-refractivity contribution >= 4 is 38.6 Å². The molecule has 9 heteroatoms. The van der Waals surface area contributed by atoms with Gasteiger partial charge in [-0.15, -0.1) is 11.3 Å². The molecule has 0 atom stereocenters. The predicted molar refractivity (Wildman–Crippen MR) is 118 cm³/mol. The van der Waals surface area contributed by atoms with Crippen LogP contribution in [0.5, 0.6) is 0 Å². The fourth-order valence-electron chi connectivity index (χ4n) is 2.86. The number of rotatable bonds is 6. The van der Waals surface area contributed by atoms with Gasteiger partial charge >= 0.3 is 0 Å². The number of para-hydroxylation sites is 1. The summed E-state index contributed by atoms with van der Waals surface area (Å²) in [6, 6.07) is 20.4. The van der Waals surface area contributed by atoms with Crippen LogP contribution in [0.3, 0.4) is 0 Å². The van der Waals surface area contributed by atoms with E-state index in [9.17, 15) is 13.2 Å². The minimum Gasteiger partial charge on any atom is -0.321 e. The van der Waals surface area contributed by atoms with Gasteiger partial charge in [0.2, 0.25) is 0 Å². The fourth-order valence-corrected chi connectivity index (χ4v) is 4.79. The van der Waals surface area contributed by atoms with Crippen molar-refractivity contribution in [3.63, 3.8) is 0 Å². The summed E-state index contributed by atoms with van der Waals surface area (Å²) in [5.41, 5.74) is 1.87. The van der Waals surface area contributed by atoms with Crippen LogP contribution in [0.25, 0.3) is 10.6 Å². The van der Waals surface area contributed by atoms with Crippen molar-refractivity contribution in [1.82, 2.24) is 10.2 Å². The lowest BCUT2D eigenvalue weighted by atomic mass is 10.3. The topological polar surface area (TPSA) is 95.2 Å². The van der Waals surface area contributed by atoms with Gasteiger partial charge in [-0.1, -0.05) is 30.3 Å². The van der Waals surface area contributed by atoms with Gasteiger partial charge in [0, 0.05) is 12.7 Å². The van der Waals surface area contributed by atoms with Gasteiger partial charge in [-0.05, 0) is 47.8 Å². The molecule has 2 N–H and O–H groups in total. The highest BCUT2D eigenvalue weighted by Gasteiger charge is 2.22. The molecule has 2 heterocycles. The molecule has 0 spiro atoms. The van der Waals surface area contributed by atoms with E-state index in [-0.39, 0.29) is 10.6 Å². The standard InChI is InChI=1S/C21H18N4O3S2/c1-25(16-8-3-2-4-9-16)30(27,28)17-10-5-7-15(13-17)22-21(26)19-14-18(23-24-19)20-11-6-12-29-20/h2-14H,1H3,(H,22,26)(H,23,24). The number of H-pyrrole nitrogens is 1. The molecular weight excluding hydrogens is 420 g/mol. The maximum atomic E-state index is 13.0. The number of nitrogens with one attached hydrogen (secondary N) is 2. The summed E-state index contributed by atoms with van der Waals surface area (Å²) in [6.07, 6.45) is 0. The highest BCUT2D eigenvalue weighted by atomic mass is 32.2. The Hall–Kier alpha value is -3.43. The average molecular weight is 439 g/mol. The number of carbonyl (C=O) groups is 1. The van der Waals surface area contributed by atoms with Gasteiger partial charge < -0.3 is 5.32 Å². The first kappa shape index (κ1) is 19.9. The van der Waals surface area contributed by atoms with E-state index < -0.39 is 15.9 Å². The highest BCUT2D eigenvalue weighted by molar-refractivity contribution is 7.92. The number of anilines is 2. The number of thiophene rings is 1. The Morgan fingerprint density at radius 3 is 2.57 bits per heavy atom. The summed E-state index contributed by atoms with van der Waals surface area (Å²) in [7, 11) is -2.29. The summed E-state index contributed by atoms with van der Waals surface area (Å²) >= 11 is 1.54. The molecule has 2 aromatic carbocycles. The lowest BCUT2D eigenvalue weighted by molar-refractivity contribution is 0.102. The van der Waals surface area contributed by atoms with Crippen LogP contribution in [0.4, 0.5) is 11.4 Å². The van der Waals surface area contributed by atoms with Crippen molar-refractivity contribution in [1.29, 1.82) is 0 Å². The molecule has 1 amide bonds. The number of sulfonamides is 1. The Morgan fingerprint density at radius 1 is 1.03 bits per heavy atom. The molecule has 7 nitrogen and oxygen atoms in total. The Bertz CT molecular complexity index is 1270. The van der Waals surface area contributed by atoms with E-state index in [0.29, 0.717) is 11.4 Å². The lowest BCUT2D eigenvalue weighted by Crippen LogP contribution is -2.26. The van der Waals surface area contributed by atoms with E-state index in [0.717, 1.165) is 10.6 Å². The second-order valence-electron chi connectivity index (χ2n) is 6.43. The number of hydrogen-bond donors (Lipinski definition) is 2. The first-order chi connectivity index (χ1) is 14.4. The van der Waals surface area contributed by atoms with Crippen molar-refractivity contribution in [2.75, 3.05) is 16.7 Å². The Kier molecular flexibility index (Phi) is 5.39. The van der Waals surface area contributed by atoms with Crippen LogP contribution in [0, 0.1) is 0 Å². The Balaban J connectivity index is 1.54. The average Bonchev–Trinajstić information content (AvgIpc) is 3.46. The molecule has 0 saturated heterocycles. The van der Waals surface area contributed by atoms with E-state index in [1.54, 1.807) is 42.5 Å². The van der Waals surface area contributed by atoms with Gasteiger partial charge in [0.05, 0.1) is 21.2 Å². The van der Waals surface area contributed by atoms with Gasteiger partial charge in [0.25, 0.3) is 15.9 Å². The molecule has 0 radical (unpaired) electrons. The van der Waals surface area contributed by atoms with E-state index in [2.05, 4.69) is 15.5 Å². The summed E-state index contributed by atoms with van der Waals surface area (Å²) < 4.78 is 27.1. The molecule has 4 aromatic rings. The highest BCUT2D eigenvalue weighted by Crippen LogP contribution is 2.25. The maximum absolute atomic E-state index is 13.0. The molecule has 0 unspecified atom stereocenters. The smallest absolute Gasteiger partial charge is 0.276 e. The van der Waals surface area contributed by atoms with E-state index in [1.807, 2.05) is 23.6 Å². The van der Waals surface area contributed by atoms with Crippen molar-refractivity contribution in [3.05, 3.63) is 83.9 Å². The molecule has 0 aliphatic heterocycles. The van der Waals surface area contributed by atoms with Crippen LogP contribution in [-0.4, -0.2) is 31.6 Å². The number of nitrogens with zero attached hydrogens (tertiary/aromatic N) is 2. The molecule has 0 aliphatic carbocycles. The molecular formula is C21H18N4O3S2. The second-order valence-corrected chi connectivity index (χ2v) is 9.35. The maximum Gasteiger partial charge on any atom is 0.276 e. The van der Waals surface area contributed by atoms with E-state index in [1.165, 1.54) is 34.8 Å². The monoisotopic (exact) mass is 438 g/mol. The van der Waals surface area contributed by atoms with Crippen LogP contribution < -0.4 is 9.62 Å². The number of benzene rings is 2. The third-order valence-electron chi connectivity index (χ3n) is 4.47. The zero-order chi connectivity index (χ0) is 21.1. The fraction of sp³-hybridized carbons (Fsp3) is 0.0476. The molecule has 4 rings (SSSR count). The van der Waals surface area contributed by atoms with Crippen molar-refractivity contribution in [2.45, 2.75) is 4.90 Å². The minimum absolute atomic E-state index is 0.0768. The number of hydrogen-bond acceptors (Lipinski definition) is 5. The minimum atomic E-state index is -3.78. The van der Waals surface area contributed by atoms with Crippen LogP contribution in [0.1, 0.15) is 10.5 Å². The van der Waals surface area contributed by atoms with Crippen LogP contribution in [0.2, 0.25) is 0 Å². The quantitative estimate of drug-likeness (QED) is 0.471. The number of aromatic nitrogens is 2. The predicted octanol–water partition coefficient (Wildman–Crippen LogP) is 4.22. The van der Waals surface area contributed by atoms with Crippen molar-refractivity contribution < 1.29 is 13.2 Å². The lowest BCUT2D eigenvalue weighted by Gasteiger charge is -2.19. The first-order valence-corrected chi connectivity index (χ1v) is 11.3. The SMILES string of the molecule is CN(c1ccccc1)S(=O)(=O)c1cccc(NC(=O)c2cc(-c3cccs3)[nH]n2)c1. The summed E-state index contributed by atoms with van der Waals surface area (Å²) in [5, 5.41) is 11.5. The van der Waals surface area contributed by atoms with Gasteiger partial charge in [-0.2, -0.15) is 5.10 Å². The van der Waals surface area contributed by atoms with E-state index >= 15 is 0 Å². The molecule has 0 bridgehead atoms. The number of aromatic amines is 1. The van der Waals surface area contributed by atoms with Gasteiger partial charge in [0.15, 0.2) is 5.69 Å².